The number of hydrogen-bond acceptors (Lipinski definition) is 5. The molecule has 0 aliphatic heterocycles. The lowest BCUT2D eigenvalue weighted by atomic mass is 9.82. The topological polar surface area (TPSA) is 100.0 Å². The quantitative estimate of drug-likeness (QED) is 0.188. The molecule has 4 rings (SSSR count). The Morgan fingerprint density at radius 1 is 1.14 bits per heavy atom. The van der Waals surface area contributed by atoms with E-state index >= 15 is 0 Å². The molecule has 4 aromatic rings. The van der Waals surface area contributed by atoms with E-state index in [0.717, 1.165) is 28.1 Å². The van der Waals surface area contributed by atoms with Crippen LogP contribution in [-0.2, 0) is 24.3 Å². The zero-order valence-electron chi connectivity index (χ0n) is 23.5. The molecule has 0 saturated carbocycles. The molecule has 7 nitrogen and oxygen atoms in total. The Morgan fingerprint density at radius 2 is 1.86 bits per heavy atom. The van der Waals surface area contributed by atoms with Crippen molar-refractivity contribution in [3.8, 4) is 6.07 Å². The van der Waals surface area contributed by atoms with Crippen LogP contribution in [-0.4, -0.2) is 38.4 Å². The third kappa shape index (κ3) is 7.75. The number of benzene rings is 3. The van der Waals surface area contributed by atoms with Crippen LogP contribution in [0.3, 0.4) is 0 Å². The minimum Gasteiger partial charge on any atom is -0.344 e. The van der Waals surface area contributed by atoms with Crippen molar-refractivity contribution in [1.82, 2.24) is 14.5 Å². The zero-order chi connectivity index (χ0) is 30.3. The number of thiocarbonyl (C=S) groups is 1. The number of aryl methyl sites for hydroxylation is 1. The molecule has 0 aliphatic rings. The first-order chi connectivity index (χ1) is 20.1. The van der Waals surface area contributed by atoms with Crippen molar-refractivity contribution >= 4 is 52.0 Å². The molecule has 1 atom stereocenters. The number of anilines is 1. The summed E-state index contributed by atoms with van der Waals surface area (Å²) >= 11 is 18.7. The number of nitriles is 1. The van der Waals surface area contributed by atoms with Gasteiger partial charge in [-0.1, -0.05) is 65.2 Å². The molecule has 1 aromatic heterocycles. The van der Waals surface area contributed by atoms with Crippen molar-refractivity contribution in [3.05, 3.63) is 117 Å². The average molecular weight is 620 g/mol. The first-order valence-electron chi connectivity index (χ1n) is 13.4. The summed E-state index contributed by atoms with van der Waals surface area (Å²) in [5.41, 5.74) is 10.5. The van der Waals surface area contributed by atoms with Crippen LogP contribution in [0.15, 0.2) is 79.3 Å². The molecule has 3 aromatic carbocycles. The standard InChI is InChI=1S/C32H32Cl2N6OS/c1-22-6-12-26(13-7-22)38-31(42)39(18-25-4-3-5-28(33)30(25)34)20-32(2,19-36)29(41)14-27-16-37-21-40(27)17-24-10-8-23(15-35)9-11-24/h3-13,16,21H,14,17-20,36H2,1-2H3,(H,38,42). The summed E-state index contributed by atoms with van der Waals surface area (Å²) in [5, 5.41) is 13.7. The van der Waals surface area contributed by atoms with E-state index in [9.17, 15) is 4.79 Å². The van der Waals surface area contributed by atoms with E-state index in [2.05, 4.69) is 16.4 Å². The minimum atomic E-state index is -0.937. The zero-order valence-corrected chi connectivity index (χ0v) is 25.8. The smallest absolute Gasteiger partial charge is 0.173 e. The summed E-state index contributed by atoms with van der Waals surface area (Å²) in [5.74, 6) is -0.0353. The highest BCUT2D eigenvalue weighted by Gasteiger charge is 2.35. The van der Waals surface area contributed by atoms with Crippen LogP contribution in [0.1, 0.15) is 34.9 Å². The molecule has 216 valence electrons. The Bertz CT molecular complexity index is 1600. The molecule has 3 N–H and O–H groups in total. The maximum atomic E-state index is 13.9. The predicted molar refractivity (Wildman–Crippen MR) is 173 cm³/mol. The minimum absolute atomic E-state index is 0.0353. The maximum absolute atomic E-state index is 13.9. The number of nitrogens with two attached hydrogens (primary N) is 1. The second-order valence-electron chi connectivity index (χ2n) is 10.6. The monoisotopic (exact) mass is 618 g/mol. The summed E-state index contributed by atoms with van der Waals surface area (Å²) in [7, 11) is 0. The van der Waals surface area contributed by atoms with Crippen molar-refractivity contribution < 1.29 is 4.79 Å². The lowest BCUT2D eigenvalue weighted by Gasteiger charge is -2.35. The third-order valence-electron chi connectivity index (χ3n) is 7.22. The van der Waals surface area contributed by atoms with Crippen LogP contribution < -0.4 is 11.1 Å². The van der Waals surface area contributed by atoms with Gasteiger partial charge in [-0.2, -0.15) is 5.26 Å². The normalized spacial score (nSPS) is 12.3. The molecule has 0 saturated heterocycles. The molecule has 1 heterocycles. The Labute approximate surface area is 261 Å². The number of rotatable bonds is 11. The fourth-order valence-corrected chi connectivity index (χ4v) is 5.13. The fourth-order valence-electron chi connectivity index (χ4n) is 4.50. The van der Waals surface area contributed by atoms with Crippen molar-refractivity contribution in [3.63, 3.8) is 0 Å². The van der Waals surface area contributed by atoms with Gasteiger partial charge in [0, 0.05) is 50.2 Å². The fraction of sp³-hybridized carbons (Fsp3) is 0.250. The number of carbonyl (C=O) groups excluding carboxylic acids is 1. The summed E-state index contributed by atoms with van der Waals surface area (Å²) in [6.45, 7) is 5.10. The Kier molecular flexibility index (Phi) is 10.4. The summed E-state index contributed by atoms with van der Waals surface area (Å²) < 4.78 is 1.93. The molecule has 10 heteroatoms. The van der Waals surface area contributed by atoms with Gasteiger partial charge < -0.3 is 20.5 Å². The number of halogens is 2. The molecular formula is C32H32Cl2N6OS. The van der Waals surface area contributed by atoms with Crippen LogP contribution in [0.5, 0.6) is 0 Å². The average Bonchev–Trinajstić information content (AvgIpc) is 3.42. The van der Waals surface area contributed by atoms with Gasteiger partial charge in [0.1, 0.15) is 5.78 Å². The summed E-state index contributed by atoms with van der Waals surface area (Å²) in [6, 6.07) is 22.8. The van der Waals surface area contributed by atoms with Crippen molar-refractivity contribution in [2.24, 2.45) is 11.1 Å². The van der Waals surface area contributed by atoms with Crippen LogP contribution in [0, 0.1) is 23.7 Å². The highest BCUT2D eigenvalue weighted by atomic mass is 35.5. The molecule has 0 bridgehead atoms. The van der Waals surface area contributed by atoms with E-state index in [1.54, 1.807) is 30.7 Å². The number of imidazole rings is 1. The number of nitrogens with zero attached hydrogens (tertiary/aromatic N) is 4. The molecule has 0 spiro atoms. The lowest BCUT2D eigenvalue weighted by molar-refractivity contribution is -0.127. The first-order valence-corrected chi connectivity index (χ1v) is 14.5. The summed E-state index contributed by atoms with van der Waals surface area (Å²) in [4.78, 5) is 20.1. The molecule has 0 amide bonds. The van der Waals surface area contributed by atoms with Gasteiger partial charge in [-0.3, -0.25) is 4.79 Å². The van der Waals surface area contributed by atoms with Gasteiger partial charge in [-0.05, 0) is 67.5 Å². The van der Waals surface area contributed by atoms with Crippen LogP contribution in [0.2, 0.25) is 10.0 Å². The Hall–Kier alpha value is -3.74. The van der Waals surface area contributed by atoms with Gasteiger partial charge in [0.2, 0.25) is 0 Å². The second kappa shape index (κ2) is 14.0. The van der Waals surface area contributed by atoms with E-state index in [0.29, 0.717) is 33.8 Å². The van der Waals surface area contributed by atoms with Crippen LogP contribution in [0.25, 0.3) is 0 Å². The second-order valence-corrected chi connectivity index (χ2v) is 11.7. The van der Waals surface area contributed by atoms with Gasteiger partial charge in [-0.15, -0.1) is 0 Å². The van der Waals surface area contributed by atoms with E-state index in [4.69, 9.17) is 46.4 Å². The number of nitrogens with one attached hydrogen (secondary N) is 1. The molecular weight excluding hydrogens is 587 g/mol. The third-order valence-corrected chi connectivity index (χ3v) is 8.44. The van der Waals surface area contributed by atoms with Gasteiger partial charge in [0.05, 0.1) is 33.4 Å². The predicted octanol–water partition coefficient (Wildman–Crippen LogP) is 6.39. The van der Waals surface area contributed by atoms with E-state index in [1.807, 2.05) is 71.8 Å². The number of Topliss-reactive ketones (excluding diaryl/α,β-unsaturated/α-hetero) is 1. The van der Waals surface area contributed by atoms with Crippen LogP contribution >= 0.6 is 35.4 Å². The van der Waals surface area contributed by atoms with Gasteiger partial charge in [0.25, 0.3) is 0 Å². The van der Waals surface area contributed by atoms with Crippen molar-refractivity contribution in [2.45, 2.75) is 33.4 Å². The van der Waals surface area contributed by atoms with Gasteiger partial charge >= 0.3 is 0 Å². The van der Waals surface area contributed by atoms with Gasteiger partial charge in [0.15, 0.2) is 5.11 Å². The lowest BCUT2D eigenvalue weighted by Crippen LogP contribution is -2.49. The highest BCUT2D eigenvalue weighted by Crippen LogP contribution is 2.29. The van der Waals surface area contributed by atoms with E-state index in [-0.39, 0.29) is 25.3 Å². The molecule has 0 fully saturated rings. The van der Waals surface area contributed by atoms with E-state index < -0.39 is 5.41 Å². The maximum Gasteiger partial charge on any atom is 0.173 e. The number of carbonyl (C=O) groups is 1. The van der Waals surface area contributed by atoms with Gasteiger partial charge in [-0.25, -0.2) is 4.98 Å². The molecule has 0 radical (unpaired) electrons. The van der Waals surface area contributed by atoms with E-state index in [1.165, 1.54) is 0 Å². The molecule has 1 unspecified atom stereocenters. The largest absolute Gasteiger partial charge is 0.344 e. The highest BCUT2D eigenvalue weighted by molar-refractivity contribution is 7.80. The number of ketones is 1. The Balaban J connectivity index is 1.55. The van der Waals surface area contributed by atoms with Crippen molar-refractivity contribution in [2.75, 3.05) is 18.4 Å². The van der Waals surface area contributed by atoms with Crippen LogP contribution in [0.4, 0.5) is 5.69 Å². The number of hydrogen-bond donors (Lipinski definition) is 2. The first kappa shape index (κ1) is 31.2. The SMILES string of the molecule is Cc1ccc(NC(=S)N(Cc2cccc(Cl)c2Cl)CC(C)(CN)C(=O)Cc2cncn2Cc2ccc(C#N)cc2)cc1. The van der Waals surface area contributed by atoms with Crippen molar-refractivity contribution in [1.29, 1.82) is 5.26 Å². The summed E-state index contributed by atoms with van der Waals surface area (Å²) in [6.07, 6.45) is 3.55. The number of aromatic nitrogens is 2. The molecule has 0 aliphatic carbocycles. The molecule has 42 heavy (non-hydrogen) atoms. The Morgan fingerprint density at radius 3 is 2.52 bits per heavy atom.